The highest BCUT2D eigenvalue weighted by molar-refractivity contribution is 5.49. The van der Waals surface area contributed by atoms with Crippen LogP contribution in [0.5, 0.6) is 5.75 Å². The molecule has 0 amide bonds. The lowest BCUT2D eigenvalue weighted by Crippen LogP contribution is -2.31. The third-order valence-corrected chi connectivity index (χ3v) is 5.72. The van der Waals surface area contributed by atoms with Crippen LogP contribution in [0.2, 0.25) is 0 Å². The first-order valence-corrected chi connectivity index (χ1v) is 10.2. The molecule has 2 aromatic carbocycles. The maximum Gasteiger partial charge on any atom is 0.426 e. The van der Waals surface area contributed by atoms with Crippen LogP contribution in [-0.4, -0.2) is 31.3 Å². The van der Waals surface area contributed by atoms with Gasteiger partial charge in [0.05, 0.1) is 0 Å². The molecule has 0 bridgehead atoms. The van der Waals surface area contributed by atoms with E-state index in [1.165, 1.54) is 7.11 Å². The van der Waals surface area contributed by atoms with Crippen molar-refractivity contribution in [3.8, 4) is 17.6 Å². The van der Waals surface area contributed by atoms with Gasteiger partial charge in [0.1, 0.15) is 12.5 Å². The third kappa shape index (κ3) is 5.61. The van der Waals surface area contributed by atoms with Crippen LogP contribution in [0.15, 0.2) is 36.4 Å². The predicted molar refractivity (Wildman–Crippen MR) is 115 cm³/mol. The van der Waals surface area contributed by atoms with E-state index in [9.17, 15) is 18.3 Å². The summed E-state index contributed by atoms with van der Waals surface area (Å²) >= 11 is 0. The Hall–Kier alpha value is -2.49. The van der Waals surface area contributed by atoms with Crippen LogP contribution < -0.4 is 0 Å². The summed E-state index contributed by atoms with van der Waals surface area (Å²) in [5.74, 6) is 5.05. The third-order valence-electron chi connectivity index (χ3n) is 5.72. The zero-order valence-corrected chi connectivity index (χ0v) is 18.6. The fraction of sp³-hybridized carbons (Fsp3) is 0.440. The van der Waals surface area contributed by atoms with Crippen LogP contribution in [0.1, 0.15) is 54.5 Å². The zero-order chi connectivity index (χ0) is 23.2. The number of aromatic hydroxyl groups is 1. The lowest BCUT2D eigenvalue weighted by Gasteiger charge is -2.34. The lowest BCUT2D eigenvalue weighted by molar-refractivity contribution is -0.220. The molecular formula is C25H29F3O3. The molecule has 6 heteroatoms. The SMILES string of the molecule is CCC(CC)(c1ccc(O)c(C)c1)c1ccc(C#CC(OCOC)C(F)(F)F)c(C)c1. The van der Waals surface area contributed by atoms with Crippen LogP contribution >= 0.6 is 0 Å². The molecule has 1 unspecified atom stereocenters. The van der Waals surface area contributed by atoms with E-state index in [-0.39, 0.29) is 11.2 Å². The Morgan fingerprint density at radius 2 is 1.55 bits per heavy atom. The second kappa shape index (κ2) is 10.2. The van der Waals surface area contributed by atoms with Crippen molar-refractivity contribution in [2.75, 3.05) is 13.9 Å². The van der Waals surface area contributed by atoms with Gasteiger partial charge in [0, 0.05) is 18.1 Å². The van der Waals surface area contributed by atoms with Gasteiger partial charge in [-0.3, -0.25) is 0 Å². The van der Waals surface area contributed by atoms with Gasteiger partial charge >= 0.3 is 6.18 Å². The van der Waals surface area contributed by atoms with Gasteiger partial charge in [-0.05, 0) is 61.1 Å². The van der Waals surface area contributed by atoms with Crippen molar-refractivity contribution in [2.45, 2.75) is 58.2 Å². The molecular weight excluding hydrogens is 405 g/mol. The first-order chi connectivity index (χ1) is 14.6. The maximum absolute atomic E-state index is 13.1. The Morgan fingerprint density at radius 1 is 0.968 bits per heavy atom. The fourth-order valence-corrected chi connectivity index (χ4v) is 3.79. The first kappa shape index (κ1) is 24.8. The zero-order valence-electron chi connectivity index (χ0n) is 18.6. The number of phenols is 1. The molecule has 168 valence electrons. The number of alkyl halides is 3. The van der Waals surface area contributed by atoms with Crippen molar-refractivity contribution < 1.29 is 27.8 Å². The molecule has 0 aliphatic rings. The molecule has 0 aliphatic carbocycles. The van der Waals surface area contributed by atoms with Crippen LogP contribution in [-0.2, 0) is 14.9 Å². The number of ether oxygens (including phenoxy) is 2. The minimum Gasteiger partial charge on any atom is -0.508 e. The minimum absolute atomic E-state index is 0.251. The number of phenolic OH excluding ortho intramolecular Hbond substituents is 1. The van der Waals surface area contributed by atoms with Crippen molar-refractivity contribution in [1.82, 2.24) is 0 Å². The van der Waals surface area contributed by atoms with Crippen LogP contribution in [0.4, 0.5) is 13.2 Å². The number of halogens is 3. The molecule has 0 heterocycles. The van der Waals surface area contributed by atoms with Gasteiger partial charge in [-0.2, -0.15) is 13.2 Å². The maximum atomic E-state index is 13.1. The van der Waals surface area contributed by atoms with E-state index in [1.54, 1.807) is 12.1 Å². The Morgan fingerprint density at radius 3 is 2.03 bits per heavy atom. The first-order valence-electron chi connectivity index (χ1n) is 10.2. The van der Waals surface area contributed by atoms with Crippen molar-refractivity contribution in [3.05, 3.63) is 64.2 Å². The Labute approximate surface area is 182 Å². The topological polar surface area (TPSA) is 38.7 Å². The summed E-state index contributed by atoms with van der Waals surface area (Å²) in [7, 11) is 1.26. The van der Waals surface area contributed by atoms with Crippen molar-refractivity contribution >= 4 is 0 Å². The molecule has 31 heavy (non-hydrogen) atoms. The number of benzene rings is 2. The van der Waals surface area contributed by atoms with E-state index in [1.807, 2.05) is 38.1 Å². The minimum atomic E-state index is -4.60. The monoisotopic (exact) mass is 434 g/mol. The molecule has 2 rings (SSSR count). The predicted octanol–water partition coefficient (Wildman–Crippen LogP) is 6.02. The molecule has 0 fully saturated rings. The molecule has 3 nitrogen and oxygen atoms in total. The summed E-state index contributed by atoms with van der Waals surface area (Å²) in [5, 5.41) is 9.91. The van der Waals surface area contributed by atoms with E-state index < -0.39 is 19.1 Å². The summed E-state index contributed by atoms with van der Waals surface area (Å²) in [6.45, 7) is 7.43. The molecule has 0 spiro atoms. The number of rotatable bonds is 7. The Kier molecular flexibility index (Phi) is 8.16. The quantitative estimate of drug-likeness (QED) is 0.428. The van der Waals surface area contributed by atoms with Gasteiger partial charge in [-0.15, -0.1) is 0 Å². The standard InChI is InChI=1S/C25H29F3O3/c1-6-24(7-2,21-11-12-22(29)18(4)15-21)20-10-8-19(17(3)14-20)9-13-23(25(26,27)28)31-16-30-5/h8,10-12,14-15,23,29H,6-7,16H2,1-5H3. The van der Waals surface area contributed by atoms with Crippen molar-refractivity contribution in [2.24, 2.45) is 0 Å². The van der Waals surface area contributed by atoms with Crippen LogP contribution in [0.3, 0.4) is 0 Å². The van der Waals surface area contributed by atoms with E-state index in [0.717, 1.165) is 35.1 Å². The molecule has 0 aliphatic heterocycles. The highest BCUT2D eigenvalue weighted by Crippen LogP contribution is 2.40. The number of methoxy groups -OCH3 is 1. The van der Waals surface area contributed by atoms with Gasteiger partial charge in [0.15, 0.2) is 0 Å². The summed E-state index contributed by atoms with van der Waals surface area (Å²) in [6, 6.07) is 11.3. The summed E-state index contributed by atoms with van der Waals surface area (Å²) in [5.41, 5.74) is 3.99. The molecule has 1 atom stereocenters. The lowest BCUT2D eigenvalue weighted by atomic mass is 9.70. The fourth-order valence-electron chi connectivity index (χ4n) is 3.79. The van der Waals surface area contributed by atoms with Gasteiger partial charge in [-0.25, -0.2) is 0 Å². The van der Waals surface area contributed by atoms with Gasteiger partial charge in [0.25, 0.3) is 0 Å². The van der Waals surface area contributed by atoms with E-state index in [0.29, 0.717) is 5.56 Å². The summed E-state index contributed by atoms with van der Waals surface area (Å²) in [6.07, 6.45) is -5.15. The molecule has 1 N–H and O–H groups in total. The highest BCUT2D eigenvalue weighted by atomic mass is 19.4. The molecule has 0 radical (unpaired) electrons. The van der Waals surface area contributed by atoms with Gasteiger partial charge < -0.3 is 14.6 Å². The highest BCUT2D eigenvalue weighted by Gasteiger charge is 2.39. The smallest absolute Gasteiger partial charge is 0.426 e. The number of hydrogen-bond donors (Lipinski definition) is 1. The molecule has 2 aromatic rings. The Balaban J connectivity index is 2.45. The molecule has 0 saturated heterocycles. The van der Waals surface area contributed by atoms with Gasteiger partial charge in [0.2, 0.25) is 6.10 Å². The summed E-state index contributed by atoms with van der Waals surface area (Å²) in [4.78, 5) is 0. The second-order valence-corrected chi connectivity index (χ2v) is 7.58. The van der Waals surface area contributed by atoms with Crippen LogP contribution in [0.25, 0.3) is 0 Å². The average molecular weight is 434 g/mol. The number of aryl methyl sites for hydroxylation is 2. The van der Waals surface area contributed by atoms with Gasteiger partial charge in [-0.1, -0.05) is 50.0 Å². The number of hydrogen-bond acceptors (Lipinski definition) is 3. The Bertz CT molecular complexity index is 951. The average Bonchev–Trinajstić information content (AvgIpc) is 2.72. The molecule has 0 saturated carbocycles. The van der Waals surface area contributed by atoms with E-state index in [4.69, 9.17) is 0 Å². The second-order valence-electron chi connectivity index (χ2n) is 7.58. The summed E-state index contributed by atoms with van der Waals surface area (Å²) < 4.78 is 48.6. The van der Waals surface area contributed by atoms with E-state index in [2.05, 4.69) is 35.2 Å². The van der Waals surface area contributed by atoms with E-state index >= 15 is 0 Å². The largest absolute Gasteiger partial charge is 0.508 e. The van der Waals surface area contributed by atoms with Crippen LogP contribution in [0, 0.1) is 25.7 Å². The van der Waals surface area contributed by atoms with Crippen molar-refractivity contribution in [3.63, 3.8) is 0 Å². The van der Waals surface area contributed by atoms with Crippen molar-refractivity contribution in [1.29, 1.82) is 0 Å². The normalized spacial score (nSPS) is 12.9. The molecule has 0 aromatic heterocycles.